The molecule has 0 heterocycles. The maximum Gasteiger partial charge on any atom is 0.411 e. The molecule has 0 saturated carbocycles. The number of aldehydes is 1. The van der Waals surface area contributed by atoms with Crippen molar-refractivity contribution >= 4 is 22.2 Å². The topological polar surface area (TPSA) is 44.8 Å². The highest BCUT2D eigenvalue weighted by molar-refractivity contribution is 9.10. The van der Waals surface area contributed by atoms with Gasteiger partial charge < -0.3 is 14.2 Å². The summed E-state index contributed by atoms with van der Waals surface area (Å²) in [6, 6.07) is 2.98. The van der Waals surface area contributed by atoms with E-state index in [9.17, 15) is 18.0 Å². The number of halogens is 4. The van der Waals surface area contributed by atoms with E-state index in [1.165, 1.54) is 19.2 Å². The average molecular weight is 357 g/mol. The molecule has 0 unspecified atom stereocenters. The van der Waals surface area contributed by atoms with Crippen LogP contribution in [0.1, 0.15) is 10.4 Å². The van der Waals surface area contributed by atoms with Gasteiger partial charge in [-0.25, -0.2) is 0 Å². The van der Waals surface area contributed by atoms with Gasteiger partial charge in [0.2, 0.25) is 0 Å². The molecule has 112 valence electrons. The summed E-state index contributed by atoms with van der Waals surface area (Å²) in [6.07, 6.45) is -3.71. The van der Waals surface area contributed by atoms with Gasteiger partial charge in [0.05, 0.1) is 18.2 Å². The zero-order chi connectivity index (χ0) is 15.2. The molecule has 1 aromatic carbocycles. The first-order valence-corrected chi connectivity index (χ1v) is 6.26. The molecule has 1 aromatic rings. The van der Waals surface area contributed by atoms with Crippen LogP contribution in [0, 0.1) is 0 Å². The second-order valence-electron chi connectivity index (χ2n) is 3.67. The quantitative estimate of drug-likeness (QED) is 0.555. The summed E-state index contributed by atoms with van der Waals surface area (Å²) in [5.74, 6) is 0.603. The first-order valence-electron chi connectivity index (χ1n) is 5.47. The van der Waals surface area contributed by atoms with E-state index < -0.39 is 12.8 Å². The summed E-state index contributed by atoms with van der Waals surface area (Å²) in [5.41, 5.74) is 0.384. The number of carbonyl (C=O) groups is 1. The van der Waals surface area contributed by atoms with Gasteiger partial charge in [0.15, 0.2) is 11.5 Å². The minimum absolute atomic E-state index is 0.0779. The maximum absolute atomic E-state index is 11.8. The SMILES string of the molecule is COc1cc(C=O)cc(Br)c1OCCOCC(F)(F)F. The summed E-state index contributed by atoms with van der Waals surface area (Å²) in [4.78, 5) is 10.7. The zero-order valence-electron chi connectivity index (χ0n) is 10.5. The van der Waals surface area contributed by atoms with Gasteiger partial charge in [-0.2, -0.15) is 13.2 Å². The first kappa shape index (κ1) is 16.8. The summed E-state index contributed by atoms with van der Waals surface area (Å²) in [6.45, 7) is -1.62. The molecule has 0 aliphatic carbocycles. The molecule has 0 N–H and O–H groups in total. The summed E-state index contributed by atoms with van der Waals surface area (Å²) in [5, 5.41) is 0. The number of hydrogen-bond acceptors (Lipinski definition) is 4. The number of hydrogen-bond donors (Lipinski definition) is 0. The van der Waals surface area contributed by atoms with Gasteiger partial charge in [-0.05, 0) is 28.1 Å². The van der Waals surface area contributed by atoms with Crippen LogP contribution in [-0.2, 0) is 4.74 Å². The molecule has 0 spiro atoms. The molecule has 4 nitrogen and oxygen atoms in total. The van der Waals surface area contributed by atoms with E-state index in [-0.39, 0.29) is 13.2 Å². The van der Waals surface area contributed by atoms with Crippen molar-refractivity contribution in [1.82, 2.24) is 0 Å². The van der Waals surface area contributed by atoms with E-state index in [4.69, 9.17) is 9.47 Å². The molecule has 0 radical (unpaired) electrons. The molecule has 8 heteroatoms. The van der Waals surface area contributed by atoms with Crippen molar-refractivity contribution in [2.24, 2.45) is 0 Å². The van der Waals surface area contributed by atoms with Gasteiger partial charge in [-0.1, -0.05) is 0 Å². The van der Waals surface area contributed by atoms with Crippen molar-refractivity contribution in [1.29, 1.82) is 0 Å². The Balaban J connectivity index is 2.57. The third-order valence-corrected chi connectivity index (χ3v) is 2.72. The Morgan fingerprint density at radius 2 is 2.00 bits per heavy atom. The highest BCUT2D eigenvalue weighted by atomic mass is 79.9. The van der Waals surface area contributed by atoms with Crippen LogP contribution in [0.15, 0.2) is 16.6 Å². The number of rotatable bonds is 7. The third kappa shape index (κ3) is 5.38. The van der Waals surface area contributed by atoms with Crippen molar-refractivity contribution < 1.29 is 32.2 Å². The summed E-state index contributed by atoms with van der Waals surface area (Å²) in [7, 11) is 1.39. The Hall–Kier alpha value is -1.28. The second kappa shape index (κ2) is 7.49. The van der Waals surface area contributed by atoms with Gasteiger partial charge in [0.25, 0.3) is 0 Å². The van der Waals surface area contributed by atoms with Gasteiger partial charge in [-0.15, -0.1) is 0 Å². The third-order valence-electron chi connectivity index (χ3n) is 2.13. The van der Waals surface area contributed by atoms with Crippen LogP contribution in [0.5, 0.6) is 11.5 Å². The Kier molecular flexibility index (Phi) is 6.28. The van der Waals surface area contributed by atoms with E-state index in [0.717, 1.165) is 0 Å². The van der Waals surface area contributed by atoms with Crippen LogP contribution in [-0.4, -0.2) is 39.4 Å². The van der Waals surface area contributed by atoms with E-state index in [0.29, 0.717) is 27.8 Å². The molecule has 0 aliphatic heterocycles. The minimum atomic E-state index is -4.36. The second-order valence-corrected chi connectivity index (χ2v) is 4.52. The van der Waals surface area contributed by atoms with Crippen molar-refractivity contribution in [3.63, 3.8) is 0 Å². The molecule has 0 aliphatic rings. The molecule has 1 rings (SSSR count). The van der Waals surface area contributed by atoms with Crippen molar-refractivity contribution in [3.8, 4) is 11.5 Å². The van der Waals surface area contributed by atoms with Gasteiger partial charge in [0.1, 0.15) is 19.5 Å². The van der Waals surface area contributed by atoms with Crippen LogP contribution < -0.4 is 9.47 Å². The molecule has 0 aromatic heterocycles. The number of ether oxygens (including phenoxy) is 3. The zero-order valence-corrected chi connectivity index (χ0v) is 12.1. The lowest BCUT2D eigenvalue weighted by Gasteiger charge is -2.13. The molecule has 0 saturated heterocycles. The number of carbonyl (C=O) groups excluding carboxylic acids is 1. The molecular formula is C12H12BrF3O4. The summed E-state index contributed by atoms with van der Waals surface area (Å²) < 4.78 is 50.8. The highest BCUT2D eigenvalue weighted by Crippen LogP contribution is 2.36. The van der Waals surface area contributed by atoms with Crippen LogP contribution in [0.3, 0.4) is 0 Å². The van der Waals surface area contributed by atoms with E-state index in [1.807, 2.05) is 0 Å². The van der Waals surface area contributed by atoms with Crippen LogP contribution in [0.4, 0.5) is 13.2 Å². The summed E-state index contributed by atoms with van der Waals surface area (Å²) >= 11 is 3.20. The smallest absolute Gasteiger partial charge is 0.411 e. The fourth-order valence-corrected chi connectivity index (χ4v) is 1.91. The Morgan fingerprint density at radius 1 is 1.30 bits per heavy atom. The van der Waals surface area contributed by atoms with Crippen LogP contribution >= 0.6 is 15.9 Å². The number of methoxy groups -OCH3 is 1. The Bertz CT molecular complexity index is 463. The predicted octanol–water partition coefficient (Wildman–Crippen LogP) is 3.23. The number of alkyl halides is 3. The average Bonchev–Trinajstić information content (AvgIpc) is 2.38. The van der Waals surface area contributed by atoms with Crippen molar-refractivity contribution in [3.05, 3.63) is 22.2 Å². The Morgan fingerprint density at radius 3 is 2.55 bits per heavy atom. The standard InChI is InChI=1S/C12H12BrF3O4/c1-18-10-5-8(6-17)4-9(13)11(10)20-3-2-19-7-12(14,15)16/h4-6H,2-3,7H2,1H3. The lowest BCUT2D eigenvalue weighted by molar-refractivity contribution is -0.175. The van der Waals surface area contributed by atoms with Gasteiger partial charge in [0, 0.05) is 5.56 Å². The molecule has 0 amide bonds. The van der Waals surface area contributed by atoms with E-state index in [2.05, 4.69) is 20.7 Å². The molecule has 0 fully saturated rings. The van der Waals surface area contributed by atoms with Crippen LogP contribution in [0.25, 0.3) is 0 Å². The normalized spacial score (nSPS) is 11.2. The van der Waals surface area contributed by atoms with Crippen molar-refractivity contribution in [2.45, 2.75) is 6.18 Å². The predicted molar refractivity (Wildman–Crippen MR) is 68.5 cm³/mol. The lowest BCUT2D eigenvalue weighted by Crippen LogP contribution is -2.19. The first-order chi connectivity index (χ1) is 9.37. The maximum atomic E-state index is 11.8. The van der Waals surface area contributed by atoms with Crippen LogP contribution in [0.2, 0.25) is 0 Å². The highest BCUT2D eigenvalue weighted by Gasteiger charge is 2.27. The fourth-order valence-electron chi connectivity index (χ4n) is 1.34. The molecule has 0 atom stereocenters. The monoisotopic (exact) mass is 356 g/mol. The van der Waals surface area contributed by atoms with Gasteiger partial charge in [-0.3, -0.25) is 4.79 Å². The largest absolute Gasteiger partial charge is 0.493 e. The van der Waals surface area contributed by atoms with E-state index >= 15 is 0 Å². The minimum Gasteiger partial charge on any atom is -0.493 e. The van der Waals surface area contributed by atoms with Crippen molar-refractivity contribution in [2.75, 3.05) is 26.9 Å². The molecule has 0 bridgehead atoms. The Labute approximate surface area is 121 Å². The van der Waals surface area contributed by atoms with E-state index in [1.54, 1.807) is 0 Å². The lowest BCUT2D eigenvalue weighted by atomic mass is 10.2. The number of benzene rings is 1. The van der Waals surface area contributed by atoms with Gasteiger partial charge >= 0.3 is 6.18 Å². The molecular weight excluding hydrogens is 345 g/mol. The molecule has 20 heavy (non-hydrogen) atoms. The fraction of sp³-hybridized carbons (Fsp3) is 0.417.